The number of hydrogen-bond acceptors (Lipinski definition) is 5. The number of aromatic nitrogens is 1. The van der Waals surface area contributed by atoms with Crippen molar-refractivity contribution >= 4 is 11.3 Å². The van der Waals surface area contributed by atoms with Crippen LogP contribution in [0.4, 0.5) is 0 Å². The van der Waals surface area contributed by atoms with Crippen LogP contribution in [0.25, 0.3) is 0 Å². The van der Waals surface area contributed by atoms with Crippen molar-refractivity contribution in [2.75, 3.05) is 7.11 Å². The van der Waals surface area contributed by atoms with E-state index in [-0.39, 0.29) is 6.10 Å². The monoisotopic (exact) mass is 304 g/mol. The van der Waals surface area contributed by atoms with Gasteiger partial charge in [-0.3, -0.25) is 0 Å². The van der Waals surface area contributed by atoms with E-state index in [1.807, 2.05) is 6.92 Å². The molecule has 0 bridgehead atoms. The lowest BCUT2D eigenvalue weighted by molar-refractivity contribution is 0.254. The minimum absolute atomic E-state index is 0.255. The Balaban J connectivity index is 1.68. The summed E-state index contributed by atoms with van der Waals surface area (Å²) in [6.07, 6.45) is 1.21. The van der Waals surface area contributed by atoms with Crippen LogP contribution in [0.5, 0.6) is 11.5 Å². The number of rotatable bonds is 5. The van der Waals surface area contributed by atoms with Crippen molar-refractivity contribution in [3.63, 3.8) is 0 Å². The van der Waals surface area contributed by atoms with Gasteiger partial charge in [-0.1, -0.05) is 0 Å². The Morgan fingerprint density at radius 3 is 3.00 bits per heavy atom. The van der Waals surface area contributed by atoms with Gasteiger partial charge < -0.3 is 14.8 Å². The van der Waals surface area contributed by atoms with E-state index in [2.05, 4.69) is 34.7 Å². The quantitative estimate of drug-likeness (QED) is 0.922. The van der Waals surface area contributed by atoms with Gasteiger partial charge in [-0.25, -0.2) is 4.98 Å². The summed E-state index contributed by atoms with van der Waals surface area (Å²) in [4.78, 5) is 4.45. The minimum atomic E-state index is 0.255. The van der Waals surface area contributed by atoms with Gasteiger partial charge in [0.15, 0.2) is 0 Å². The summed E-state index contributed by atoms with van der Waals surface area (Å²) in [6, 6.07) is 4.19. The van der Waals surface area contributed by atoms with E-state index in [9.17, 15) is 0 Å². The van der Waals surface area contributed by atoms with Crippen LogP contribution in [-0.4, -0.2) is 18.2 Å². The van der Waals surface area contributed by atoms with Crippen molar-refractivity contribution in [3.8, 4) is 11.5 Å². The standard InChI is InChI=1S/C16H20N2O2S/c1-10-4-12-5-15(19-3)13(6-16(12)20-10)7-17-8-14-9-21-11(2)18-14/h5-6,9-10,17H,4,7-8H2,1-3H3. The van der Waals surface area contributed by atoms with Gasteiger partial charge in [0.1, 0.15) is 17.6 Å². The maximum absolute atomic E-state index is 5.82. The highest BCUT2D eigenvalue weighted by atomic mass is 32.1. The fraction of sp³-hybridized carbons (Fsp3) is 0.438. The van der Waals surface area contributed by atoms with E-state index in [1.165, 1.54) is 5.56 Å². The number of nitrogens with one attached hydrogen (secondary N) is 1. The second-order valence-electron chi connectivity index (χ2n) is 5.37. The molecule has 0 amide bonds. The summed E-state index contributed by atoms with van der Waals surface area (Å²) in [7, 11) is 1.72. The fourth-order valence-corrected chi connectivity index (χ4v) is 3.24. The van der Waals surface area contributed by atoms with Gasteiger partial charge >= 0.3 is 0 Å². The molecule has 1 atom stereocenters. The fourth-order valence-electron chi connectivity index (χ4n) is 2.62. The van der Waals surface area contributed by atoms with Gasteiger partial charge in [0, 0.05) is 36.0 Å². The van der Waals surface area contributed by atoms with Crippen LogP contribution in [0.15, 0.2) is 17.5 Å². The Morgan fingerprint density at radius 1 is 1.43 bits per heavy atom. The highest BCUT2D eigenvalue weighted by Crippen LogP contribution is 2.34. The smallest absolute Gasteiger partial charge is 0.123 e. The second kappa shape index (κ2) is 6.03. The van der Waals surface area contributed by atoms with Gasteiger partial charge in [0.05, 0.1) is 17.8 Å². The zero-order valence-electron chi connectivity index (χ0n) is 12.6. The van der Waals surface area contributed by atoms with E-state index in [0.29, 0.717) is 0 Å². The number of benzene rings is 1. The molecule has 0 saturated carbocycles. The molecule has 112 valence electrons. The van der Waals surface area contributed by atoms with Gasteiger partial charge in [0.25, 0.3) is 0 Å². The van der Waals surface area contributed by atoms with Crippen LogP contribution in [-0.2, 0) is 19.5 Å². The van der Waals surface area contributed by atoms with E-state index < -0.39 is 0 Å². The molecule has 2 heterocycles. The lowest BCUT2D eigenvalue weighted by atomic mass is 10.1. The van der Waals surface area contributed by atoms with Crippen LogP contribution < -0.4 is 14.8 Å². The molecule has 1 aromatic heterocycles. The highest BCUT2D eigenvalue weighted by molar-refractivity contribution is 7.09. The van der Waals surface area contributed by atoms with Crippen LogP contribution in [0.1, 0.15) is 28.8 Å². The van der Waals surface area contributed by atoms with Crippen molar-refractivity contribution in [1.29, 1.82) is 0 Å². The SMILES string of the molecule is COc1cc2c(cc1CNCc1csc(C)n1)OC(C)C2. The topological polar surface area (TPSA) is 43.4 Å². The minimum Gasteiger partial charge on any atom is -0.496 e. The molecule has 1 aromatic carbocycles. The predicted octanol–water partition coefficient (Wildman–Crippen LogP) is 3.07. The molecule has 21 heavy (non-hydrogen) atoms. The molecule has 1 N–H and O–H groups in total. The summed E-state index contributed by atoms with van der Waals surface area (Å²) >= 11 is 1.68. The van der Waals surface area contributed by atoms with Gasteiger partial charge in [-0.15, -0.1) is 11.3 Å². The lowest BCUT2D eigenvalue weighted by Gasteiger charge is -2.11. The molecule has 0 fully saturated rings. The second-order valence-corrected chi connectivity index (χ2v) is 6.43. The first kappa shape index (κ1) is 14.4. The summed E-state index contributed by atoms with van der Waals surface area (Å²) in [5.41, 5.74) is 3.44. The molecule has 5 heteroatoms. The van der Waals surface area contributed by atoms with Gasteiger partial charge in [-0.05, 0) is 26.0 Å². The van der Waals surface area contributed by atoms with E-state index in [0.717, 1.165) is 47.3 Å². The number of thiazole rings is 1. The van der Waals surface area contributed by atoms with Crippen molar-refractivity contribution in [2.24, 2.45) is 0 Å². The van der Waals surface area contributed by atoms with Crippen molar-refractivity contribution < 1.29 is 9.47 Å². The van der Waals surface area contributed by atoms with Crippen molar-refractivity contribution in [2.45, 2.75) is 39.5 Å². The van der Waals surface area contributed by atoms with Crippen LogP contribution in [0.2, 0.25) is 0 Å². The molecule has 1 aliphatic heterocycles. The third-order valence-electron chi connectivity index (χ3n) is 3.59. The molecule has 4 nitrogen and oxygen atoms in total. The normalized spacial score (nSPS) is 16.6. The number of hydrogen-bond donors (Lipinski definition) is 1. The predicted molar refractivity (Wildman–Crippen MR) is 84.2 cm³/mol. The molecule has 1 aliphatic rings. The maximum atomic E-state index is 5.82. The third kappa shape index (κ3) is 3.19. The first-order chi connectivity index (χ1) is 10.2. The van der Waals surface area contributed by atoms with E-state index >= 15 is 0 Å². The van der Waals surface area contributed by atoms with E-state index in [4.69, 9.17) is 9.47 Å². The number of methoxy groups -OCH3 is 1. The summed E-state index contributed by atoms with van der Waals surface area (Å²) in [6.45, 7) is 5.62. The summed E-state index contributed by atoms with van der Waals surface area (Å²) in [5.74, 6) is 1.91. The Hall–Kier alpha value is -1.59. The Labute approximate surface area is 129 Å². The zero-order valence-corrected chi connectivity index (χ0v) is 13.4. The number of nitrogens with zero attached hydrogens (tertiary/aromatic N) is 1. The molecule has 2 aromatic rings. The van der Waals surface area contributed by atoms with Crippen molar-refractivity contribution in [3.05, 3.63) is 39.3 Å². The molecule has 0 aliphatic carbocycles. The largest absolute Gasteiger partial charge is 0.496 e. The molecule has 0 saturated heterocycles. The van der Waals surface area contributed by atoms with Crippen LogP contribution in [0, 0.1) is 6.92 Å². The molecule has 0 spiro atoms. The first-order valence-electron chi connectivity index (χ1n) is 7.14. The number of fused-ring (bicyclic) bond motifs is 1. The average molecular weight is 304 g/mol. The van der Waals surface area contributed by atoms with Gasteiger partial charge in [-0.2, -0.15) is 0 Å². The molecule has 0 radical (unpaired) electrons. The maximum Gasteiger partial charge on any atom is 0.123 e. The number of ether oxygens (including phenoxy) is 2. The van der Waals surface area contributed by atoms with Crippen LogP contribution >= 0.6 is 11.3 Å². The Bertz CT molecular complexity index is 639. The molecular formula is C16H20N2O2S. The lowest BCUT2D eigenvalue weighted by Crippen LogP contribution is -2.13. The molecule has 3 rings (SSSR count). The summed E-state index contributed by atoms with van der Waals surface area (Å²) < 4.78 is 11.3. The Morgan fingerprint density at radius 2 is 2.29 bits per heavy atom. The first-order valence-corrected chi connectivity index (χ1v) is 8.02. The van der Waals surface area contributed by atoms with Gasteiger partial charge in [0.2, 0.25) is 0 Å². The van der Waals surface area contributed by atoms with E-state index in [1.54, 1.807) is 18.4 Å². The van der Waals surface area contributed by atoms with Crippen LogP contribution in [0.3, 0.4) is 0 Å². The Kier molecular flexibility index (Phi) is 4.12. The molecular weight excluding hydrogens is 284 g/mol. The number of aryl methyl sites for hydroxylation is 1. The third-order valence-corrected chi connectivity index (χ3v) is 4.41. The average Bonchev–Trinajstić information content (AvgIpc) is 3.02. The zero-order chi connectivity index (χ0) is 14.8. The molecule has 1 unspecified atom stereocenters. The highest BCUT2D eigenvalue weighted by Gasteiger charge is 2.21. The van der Waals surface area contributed by atoms with Crippen molar-refractivity contribution in [1.82, 2.24) is 10.3 Å². The summed E-state index contributed by atoms with van der Waals surface area (Å²) in [5, 5.41) is 6.61.